The fraction of sp³-hybridized carbons (Fsp3) is 0.667. The Kier molecular flexibility index (Phi) is 4.54. The third-order valence-corrected chi connectivity index (χ3v) is 2.41. The monoisotopic (exact) mass is 238 g/mol. The maximum atomic E-state index is 5.30. The molecule has 5 heteroatoms. The van der Waals surface area contributed by atoms with E-state index in [9.17, 15) is 0 Å². The van der Waals surface area contributed by atoms with Gasteiger partial charge in [0.2, 0.25) is 5.75 Å². The van der Waals surface area contributed by atoms with E-state index in [2.05, 4.69) is 41.4 Å². The Labute approximate surface area is 103 Å². The number of anilines is 2. The van der Waals surface area contributed by atoms with Crippen molar-refractivity contribution in [2.75, 3.05) is 31.3 Å². The molecular weight excluding hydrogens is 216 g/mol. The minimum atomic E-state index is 0.305. The zero-order chi connectivity index (χ0) is 12.9. The van der Waals surface area contributed by atoms with E-state index in [1.54, 1.807) is 7.11 Å². The minimum absolute atomic E-state index is 0.305. The maximum Gasteiger partial charge on any atom is 0.204 e. The highest BCUT2D eigenvalue weighted by molar-refractivity contribution is 5.63. The van der Waals surface area contributed by atoms with Gasteiger partial charge in [0, 0.05) is 13.6 Å². The average molecular weight is 238 g/mol. The number of nitrogens with one attached hydrogen (secondary N) is 2. The summed E-state index contributed by atoms with van der Waals surface area (Å²) in [6.07, 6.45) is 2.59. The summed E-state index contributed by atoms with van der Waals surface area (Å²) in [6.45, 7) is 7.50. The second-order valence-electron chi connectivity index (χ2n) is 5.09. The Balaban J connectivity index is 2.70. The molecule has 0 aliphatic heterocycles. The molecule has 0 amide bonds. The third-order valence-electron chi connectivity index (χ3n) is 2.41. The van der Waals surface area contributed by atoms with Gasteiger partial charge >= 0.3 is 0 Å². The van der Waals surface area contributed by atoms with E-state index >= 15 is 0 Å². The minimum Gasteiger partial charge on any atom is -0.490 e. The molecule has 1 rings (SSSR count). The molecule has 0 aromatic carbocycles. The molecule has 5 nitrogen and oxygen atoms in total. The Morgan fingerprint density at radius 2 is 1.88 bits per heavy atom. The van der Waals surface area contributed by atoms with Gasteiger partial charge < -0.3 is 15.4 Å². The van der Waals surface area contributed by atoms with E-state index < -0.39 is 0 Å². The third kappa shape index (κ3) is 4.09. The highest BCUT2D eigenvalue weighted by Gasteiger charge is 2.13. The normalized spacial score (nSPS) is 11.1. The first-order valence-electron chi connectivity index (χ1n) is 5.78. The number of rotatable bonds is 5. The van der Waals surface area contributed by atoms with Gasteiger partial charge in [0.1, 0.15) is 6.33 Å². The Morgan fingerprint density at radius 1 is 1.24 bits per heavy atom. The van der Waals surface area contributed by atoms with Gasteiger partial charge in [-0.15, -0.1) is 0 Å². The van der Waals surface area contributed by atoms with Crippen molar-refractivity contribution in [3.05, 3.63) is 6.33 Å². The highest BCUT2D eigenvalue weighted by atomic mass is 16.5. The topological polar surface area (TPSA) is 59.1 Å². The van der Waals surface area contributed by atoms with Crippen molar-refractivity contribution >= 4 is 11.6 Å². The van der Waals surface area contributed by atoms with Crippen LogP contribution in [0.15, 0.2) is 6.33 Å². The Hall–Kier alpha value is -1.52. The number of aromatic nitrogens is 2. The van der Waals surface area contributed by atoms with Crippen LogP contribution in [0.25, 0.3) is 0 Å². The smallest absolute Gasteiger partial charge is 0.204 e. The number of hydrogen-bond acceptors (Lipinski definition) is 5. The molecule has 0 unspecified atom stereocenters. The van der Waals surface area contributed by atoms with Crippen LogP contribution in [0.5, 0.6) is 5.75 Å². The number of nitrogens with zero attached hydrogens (tertiary/aromatic N) is 2. The average Bonchev–Trinajstić information content (AvgIpc) is 2.27. The fourth-order valence-corrected chi connectivity index (χ4v) is 1.43. The molecule has 0 spiro atoms. The summed E-state index contributed by atoms with van der Waals surface area (Å²) < 4.78 is 5.30. The van der Waals surface area contributed by atoms with Crippen molar-refractivity contribution in [1.82, 2.24) is 9.97 Å². The Morgan fingerprint density at radius 3 is 2.41 bits per heavy atom. The zero-order valence-corrected chi connectivity index (χ0v) is 11.3. The van der Waals surface area contributed by atoms with Crippen LogP contribution < -0.4 is 15.4 Å². The lowest BCUT2D eigenvalue weighted by Crippen LogP contribution is -2.14. The van der Waals surface area contributed by atoms with Gasteiger partial charge in [0.15, 0.2) is 11.6 Å². The summed E-state index contributed by atoms with van der Waals surface area (Å²) >= 11 is 0. The predicted octanol–water partition coefficient (Wildman–Crippen LogP) is 2.38. The lowest BCUT2D eigenvalue weighted by molar-refractivity contribution is 0.388. The first kappa shape index (κ1) is 13.5. The van der Waals surface area contributed by atoms with Gasteiger partial charge in [-0.25, -0.2) is 9.97 Å². The van der Waals surface area contributed by atoms with Crippen LogP contribution in [0.2, 0.25) is 0 Å². The van der Waals surface area contributed by atoms with Gasteiger partial charge in [0.05, 0.1) is 7.11 Å². The summed E-state index contributed by atoms with van der Waals surface area (Å²) in [7, 11) is 3.43. The molecule has 0 saturated heterocycles. The number of hydrogen-bond donors (Lipinski definition) is 2. The SMILES string of the molecule is CNc1ncnc(NCCC(C)(C)C)c1OC. The van der Waals surface area contributed by atoms with Crippen LogP contribution in [0.4, 0.5) is 11.6 Å². The summed E-state index contributed by atoms with van der Waals surface area (Å²) in [5.74, 6) is 2.08. The molecule has 0 atom stereocenters. The van der Waals surface area contributed by atoms with E-state index in [0.29, 0.717) is 17.0 Å². The fourth-order valence-electron chi connectivity index (χ4n) is 1.43. The van der Waals surface area contributed by atoms with Crippen molar-refractivity contribution in [1.29, 1.82) is 0 Å². The molecular formula is C12H22N4O. The van der Waals surface area contributed by atoms with Crippen LogP contribution in [0.3, 0.4) is 0 Å². The molecule has 2 N–H and O–H groups in total. The quantitative estimate of drug-likeness (QED) is 0.824. The first-order chi connectivity index (χ1) is 7.98. The van der Waals surface area contributed by atoms with Crippen LogP contribution in [0.1, 0.15) is 27.2 Å². The zero-order valence-electron chi connectivity index (χ0n) is 11.3. The van der Waals surface area contributed by atoms with Crippen molar-refractivity contribution in [3.8, 4) is 5.75 Å². The van der Waals surface area contributed by atoms with Crippen molar-refractivity contribution in [3.63, 3.8) is 0 Å². The standard InChI is InChI=1S/C12H22N4O/c1-12(2,3)6-7-14-11-9(17-5)10(13-4)15-8-16-11/h8H,6-7H2,1-5H3,(H2,13,14,15,16). The molecule has 0 saturated carbocycles. The van der Waals surface area contributed by atoms with Gasteiger partial charge in [0.25, 0.3) is 0 Å². The molecule has 0 fully saturated rings. The van der Waals surface area contributed by atoms with E-state index in [1.165, 1.54) is 6.33 Å². The van der Waals surface area contributed by atoms with Crippen LogP contribution in [-0.2, 0) is 0 Å². The molecule has 0 aliphatic carbocycles. The molecule has 1 heterocycles. The molecule has 1 aromatic rings. The van der Waals surface area contributed by atoms with E-state index in [4.69, 9.17) is 4.74 Å². The molecule has 1 aromatic heterocycles. The summed E-state index contributed by atoms with van der Waals surface area (Å²) in [5.41, 5.74) is 0.305. The van der Waals surface area contributed by atoms with E-state index in [0.717, 1.165) is 18.8 Å². The largest absolute Gasteiger partial charge is 0.490 e. The second kappa shape index (κ2) is 5.70. The molecule has 0 bridgehead atoms. The molecule has 0 aliphatic rings. The maximum absolute atomic E-state index is 5.30. The molecule has 0 radical (unpaired) electrons. The van der Waals surface area contributed by atoms with Gasteiger partial charge in [-0.05, 0) is 11.8 Å². The van der Waals surface area contributed by atoms with Crippen molar-refractivity contribution < 1.29 is 4.74 Å². The predicted molar refractivity (Wildman–Crippen MR) is 70.7 cm³/mol. The number of ether oxygens (including phenoxy) is 1. The lowest BCUT2D eigenvalue weighted by Gasteiger charge is -2.19. The van der Waals surface area contributed by atoms with E-state index in [-0.39, 0.29) is 0 Å². The lowest BCUT2D eigenvalue weighted by atomic mass is 9.92. The summed E-state index contributed by atoms with van der Waals surface area (Å²) in [4.78, 5) is 8.29. The van der Waals surface area contributed by atoms with Crippen molar-refractivity contribution in [2.24, 2.45) is 5.41 Å². The van der Waals surface area contributed by atoms with Crippen molar-refractivity contribution in [2.45, 2.75) is 27.2 Å². The van der Waals surface area contributed by atoms with E-state index in [1.807, 2.05) is 7.05 Å². The first-order valence-corrected chi connectivity index (χ1v) is 5.78. The van der Waals surface area contributed by atoms with Crippen LogP contribution in [-0.4, -0.2) is 30.7 Å². The molecule has 96 valence electrons. The van der Waals surface area contributed by atoms with Gasteiger partial charge in [-0.3, -0.25) is 0 Å². The van der Waals surface area contributed by atoms with Gasteiger partial charge in [-0.2, -0.15) is 0 Å². The highest BCUT2D eigenvalue weighted by Crippen LogP contribution is 2.28. The Bertz CT molecular complexity index is 360. The summed E-state index contributed by atoms with van der Waals surface area (Å²) in [5, 5.41) is 6.26. The van der Waals surface area contributed by atoms with Crippen LogP contribution >= 0.6 is 0 Å². The van der Waals surface area contributed by atoms with Crippen LogP contribution in [0, 0.1) is 5.41 Å². The second-order valence-corrected chi connectivity index (χ2v) is 5.09. The van der Waals surface area contributed by atoms with Gasteiger partial charge in [-0.1, -0.05) is 20.8 Å². The number of methoxy groups -OCH3 is 1. The summed E-state index contributed by atoms with van der Waals surface area (Å²) in [6, 6.07) is 0. The molecule has 17 heavy (non-hydrogen) atoms.